The van der Waals surface area contributed by atoms with Gasteiger partial charge in [-0.15, -0.1) is 0 Å². The van der Waals surface area contributed by atoms with Crippen molar-refractivity contribution in [2.75, 3.05) is 38.3 Å². The first-order chi connectivity index (χ1) is 13.7. The molecule has 1 aliphatic rings. The maximum Gasteiger partial charge on any atom is 0.414 e. The largest absolute Gasteiger partial charge is 0.494 e. The summed E-state index contributed by atoms with van der Waals surface area (Å²) in [5.74, 6) is 0.645. The van der Waals surface area contributed by atoms with Crippen molar-refractivity contribution in [3.05, 3.63) is 42.2 Å². The van der Waals surface area contributed by atoms with Gasteiger partial charge in [0.2, 0.25) is 0 Å². The molecule has 2 aromatic heterocycles. The molecule has 9 heteroatoms. The smallest absolute Gasteiger partial charge is 0.414 e. The number of pyridine rings is 1. The maximum absolute atomic E-state index is 12.2. The van der Waals surface area contributed by atoms with Gasteiger partial charge in [-0.2, -0.15) is 4.98 Å². The number of hydrogen-bond donors (Lipinski definition) is 1. The molecule has 0 saturated carbocycles. The predicted molar refractivity (Wildman–Crippen MR) is 106 cm³/mol. The van der Waals surface area contributed by atoms with Gasteiger partial charge in [0.05, 0.1) is 42.9 Å². The minimum atomic E-state index is -0.573. The molecule has 0 atom stereocenters. The number of morpholine rings is 1. The standard InChI is InChI=1S/C19H20N4O4S/c1-25-15-6-5-14(23-8-10-26-11-9-23)17-16(15)22-19(28-17)27-18(24)21-12-13-4-2-3-7-20-13/h2-7H,8-12H2,1H3,(H,21,24). The second-order valence-electron chi connectivity index (χ2n) is 6.11. The quantitative estimate of drug-likeness (QED) is 0.705. The van der Waals surface area contributed by atoms with Gasteiger partial charge in [0.1, 0.15) is 11.3 Å². The minimum absolute atomic E-state index is 0.271. The number of aromatic nitrogens is 2. The summed E-state index contributed by atoms with van der Waals surface area (Å²) in [6.07, 6.45) is 1.10. The molecule has 8 nitrogen and oxygen atoms in total. The molecule has 28 heavy (non-hydrogen) atoms. The van der Waals surface area contributed by atoms with Crippen molar-refractivity contribution in [3.8, 4) is 10.9 Å². The Labute approximate surface area is 166 Å². The lowest BCUT2D eigenvalue weighted by atomic mass is 10.2. The van der Waals surface area contributed by atoms with Crippen molar-refractivity contribution in [3.63, 3.8) is 0 Å². The number of carbonyl (C=O) groups excluding carboxylic acids is 1. The van der Waals surface area contributed by atoms with Crippen molar-refractivity contribution >= 4 is 33.3 Å². The molecule has 146 valence electrons. The van der Waals surface area contributed by atoms with Crippen molar-refractivity contribution in [2.45, 2.75) is 6.54 Å². The van der Waals surface area contributed by atoms with E-state index < -0.39 is 6.09 Å². The van der Waals surface area contributed by atoms with Crippen LogP contribution in [0.4, 0.5) is 10.5 Å². The summed E-state index contributed by atoms with van der Waals surface area (Å²) < 4.78 is 17.2. The van der Waals surface area contributed by atoms with E-state index in [0.29, 0.717) is 24.5 Å². The number of rotatable bonds is 5. The summed E-state index contributed by atoms with van der Waals surface area (Å²) in [6, 6.07) is 9.41. The van der Waals surface area contributed by atoms with E-state index in [2.05, 4.69) is 20.2 Å². The first-order valence-electron chi connectivity index (χ1n) is 8.90. The molecule has 1 aromatic carbocycles. The summed E-state index contributed by atoms with van der Waals surface area (Å²) in [5, 5.41) is 2.95. The molecule has 1 N–H and O–H groups in total. The van der Waals surface area contributed by atoms with Crippen LogP contribution in [0.25, 0.3) is 10.2 Å². The van der Waals surface area contributed by atoms with Crippen LogP contribution < -0.4 is 19.7 Å². The number of nitrogens with one attached hydrogen (secondary N) is 1. The highest BCUT2D eigenvalue weighted by atomic mass is 32.1. The number of ether oxygens (including phenoxy) is 3. The van der Waals surface area contributed by atoms with Crippen LogP contribution in [0.1, 0.15) is 5.69 Å². The topological polar surface area (TPSA) is 85.8 Å². The lowest BCUT2D eigenvalue weighted by Gasteiger charge is -2.29. The Bertz CT molecular complexity index is 957. The molecule has 3 heterocycles. The fourth-order valence-electron chi connectivity index (χ4n) is 2.99. The van der Waals surface area contributed by atoms with Crippen LogP contribution in [0.3, 0.4) is 0 Å². The molecular formula is C19H20N4O4S. The Morgan fingerprint density at radius 2 is 2.14 bits per heavy atom. The van der Waals surface area contributed by atoms with Gasteiger partial charge >= 0.3 is 6.09 Å². The Morgan fingerprint density at radius 1 is 1.29 bits per heavy atom. The average molecular weight is 400 g/mol. The number of amides is 1. The van der Waals surface area contributed by atoms with Crippen LogP contribution in [0.15, 0.2) is 36.5 Å². The zero-order valence-corrected chi connectivity index (χ0v) is 16.2. The summed E-state index contributed by atoms with van der Waals surface area (Å²) in [7, 11) is 1.60. The fourth-order valence-corrected chi connectivity index (χ4v) is 3.97. The molecule has 0 aliphatic carbocycles. The van der Waals surface area contributed by atoms with Gasteiger partial charge in [0.25, 0.3) is 5.19 Å². The van der Waals surface area contributed by atoms with Gasteiger partial charge in [-0.05, 0) is 24.3 Å². The molecule has 3 aromatic rings. The number of hydrogen-bond acceptors (Lipinski definition) is 8. The number of benzene rings is 1. The van der Waals surface area contributed by atoms with E-state index in [1.165, 1.54) is 11.3 Å². The maximum atomic E-state index is 12.2. The van der Waals surface area contributed by atoms with Gasteiger partial charge in [0, 0.05) is 19.3 Å². The summed E-state index contributed by atoms with van der Waals surface area (Å²) in [5.41, 5.74) is 2.48. The molecule has 1 aliphatic heterocycles. The highest BCUT2D eigenvalue weighted by molar-refractivity contribution is 7.21. The molecule has 0 bridgehead atoms. The zero-order valence-electron chi connectivity index (χ0n) is 15.4. The number of fused-ring (bicyclic) bond motifs is 1. The van der Waals surface area contributed by atoms with Gasteiger partial charge in [-0.25, -0.2) is 4.79 Å². The lowest BCUT2D eigenvalue weighted by Crippen LogP contribution is -2.36. The molecule has 0 radical (unpaired) electrons. The van der Waals surface area contributed by atoms with Gasteiger partial charge in [0.15, 0.2) is 0 Å². The third kappa shape index (κ3) is 4.00. The van der Waals surface area contributed by atoms with Gasteiger partial charge in [-0.1, -0.05) is 17.4 Å². The second-order valence-corrected chi connectivity index (χ2v) is 7.07. The zero-order chi connectivity index (χ0) is 19.3. The van der Waals surface area contributed by atoms with Crippen LogP contribution >= 0.6 is 11.3 Å². The molecular weight excluding hydrogens is 380 g/mol. The summed E-state index contributed by atoms with van der Waals surface area (Å²) in [6.45, 7) is 3.27. The van der Waals surface area contributed by atoms with E-state index in [4.69, 9.17) is 14.2 Å². The summed E-state index contributed by atoms with van der Waals surface area (Å²) in [4.78, 5) is 23.0. The van der Waals surface area contributed by atoms with Crippen LogP contribution in [0.2, 0.25) is 0 Å². The van der Waals surface area contributed by atoms with Crippen LogP contribution in [0.5, 0.6) is 10.9 Å². The number of anilines is 1. The van der Waals surface area contributed by atoms with Crippen LogP contribution in [-0.4, -0.2) is 49.5 Å². The van der Waals surface area contributed by atoms with E-state index in [0.717, 1.165) is 29.2 Å². The first kappa shape index (κ1) is 18.5. The van der Waals surface area contributed by atoms with Crippen molar-refractivity contribution in [1.82, 2.24) is 15.3 Å². The van der Waals surface area contributed by atoms with E-state index >= 15 is 0 Å². The number of thiazole rings is 1. The molecule has 0 spiro atoms. The first-order valence-corrected chi connectivity index (χ1v) is 9.72. The van der Waals surface area contributed by atoms with E-state index in [1.807, 2.05) is 30.3 Å². The molecule has 0 unspecified atom stereocenters. The lowest BCUT2D eigenvalue weighted by molar-refractivity contribution is 0.123. The molecule has 1 saturated heterocycles. The Balaban J connectivity index is 1.53. The van der Waals surface area contributed by atoms with Gasteiger partial charge in [-0.3, -0.25) is 4.98 Å². The van der Waals surface area contributed by atoms with Gasteiger partial charge < -0.3 is 24.4 Å². The van der Waals surface area contributed by atoms with E-state index in [9.17, 15) is 4.79 Å². The highest BCUT2D eigenvalue weighted by Gasteiger charge is 2.20. The highest BCUT2D eigenvalue weighted by Crippen LogP contribution is 2.40. The number of carbonyl (C=O) groups is 1. The van der Waals surface area contributed by atoms with Crippen LogP contribution in [0, 0.1) is 0 Å². The Kier molecular flexibility index (Phi) is 5.54. The normalized spacial score (nSPS) is 14.1. The van der Waals surface area contributed by atoms with Crippen molar-refractivity contribution < 1.29 is 19.0 Å². The average Bonchev–Trinajstić information content (AvgIpc) is 3.16. The second kappa shape index (κ2) is 8.41. The number of methoxy groups -OCH3 is 1. The Hall–Kier alpha value is -2.91. The fraction of sp³-hybridized carbons (Fsp3) is 0.316. The molecule has 4 rings (SSSR count). The molecule has 1 fully saturated rings. The van der Waals surface area contributed by atoms with E-state index in [1.54, 1.807) is 13.3 Å². The monoisotopic (exact) mass is 400 g/mol. The third-order valence-electron chi connectivity index (χ3n) is 4.36. The molecule has 1 amide bonds. The SMILES string of the molecule is COc1ccc(N2CCOCC2)c2sc(OC(=O)NCc3ccccn3)nc12. The van der Waals surface area contributed by atoms with Crippen molar-refractivity contribution in [1.29, 1.82) is 0 Å². The van der Waals surface area contributed by atoms with Crippen LogP contribution in [-0.2, 0) is 11.3 Å². The Morgan fingerprint density at radius 3 is 2.89 bits per heavy atom. The predicted octanol–water partition coefficient (Wildman–Crippen LogP) is 2.83. The number of nitrogens with zero attached hydrogens (tertiary/aromatic N) is 3. The van der Waals surface area contributed by atoms with Crippen molar-refractivity contribution in [2.24, 2.45) is 0 Å². The minimum Gasteiger partial charge on any atom is -0.494 e. The van der Waals surface area contributed by atoms with E-state index in [-0.39, 0.29) is 11.7 Å². The summed E-state index contributed by atoms with van der Waals surface area (Å²) >= 11 is 1.32. The third-order valence-corrected chi connectivity index (χ3v) is 5.31.